The lowest BCUT2D eigenvalue weighted by molar-refractivity contribution is 0.669. The molecule has 0 aliphatic carbocycles. The number of fused-ring (bicyclic) bond motifs is 13. The molecule has 274 valence electrons. The van der Waals surface area contributed by atoms with Crippen LogP contribution in [0.5, 0.6) is 0 Å². The van der Waals surface area contributed by atoms with Crippen molar-refractivity contribution in [3.63, 3.8) is 0 Å². The topological polar surface area (TPSA) is 68.3 Å². The molecule has 58 heavy (non-hydrogen) atoms. The van der Waals surface area contributed by atoms with Crippen LogP contribution in [0.2, 0.25) is 0 Å². The normalized spacial score (nSPS) is 15.9. The zero-order valence-electron chi connectivity index (χ0n) is 31.6. The van der Waals surface area contributed by atoms with Gasteiger partial charge < -0.3 is 8.83 Å². The molecular formula is C52H34N4O2. The van der Waals surface area contributed by atoms with Crippen molar-refractivity contribution in [3.8, 4) is 11.1 Å². The van der Waals surface area contributed by atoms with E-state index in [-0.39, 0.29) is 5.92 Å². The largest absolute Gasteiger partial charge is 0.456 e. The number of nitrogens with zero attached hydrogens (tertiary/aromatic N) is 4. The van der Waals surface area contributed by atoms with Gasteiger partial charge in [0.1, 0.15) is 27.9 Å². The minimum absolute atomic E-state index is 0.194. The molecule has 11 aromatic rings. The second-order valence-corrected chi connectivity index (χ2v) is 15.2. The quantitative estimate of drug-likeness (QED) is 0.180. The Morgan fingerprint density at radius 1 is 0.517 bits per heavy atom. The number of aliphatic imine (C=N–C) groups is 2. The third-order valence-corrected chi connectivity index (χ3v) is 11.6. The Labute approximate surface area is 332 Å². The molecule has 0 bridgehead atoms. The molecule has 0 amide bonds. The Kier molecular flexibility index (Phi) is 7.17. The van der Waals surface area contributed by atoms with Gasteiger partial charge in [-0.05, 0) is 83.3 Å². The fourth-order valence-electron chi connectivity index (χ4n) is 8.76. The third-order valence-electron chi connectivity index (χ3n) is 11.6. The molecule has 5 heterocycles. The van der Waals surface area contributed by atoms with Crippen molar-refractivity contribution in [3.05, 3.63) is 187 Å². The van der Waals surface area contributed by atoms with Crippen molar-refractivity contribution in [2.75, 3.05) is 0 Å². The Hall–Kier alpha value is -7.57. The van der Waals surface area contributed by atoms with Crippen molar-refractivity contribution in [1.82, 2.24) is 9.38 Å². The van der Waals surface area contributed by atoms with E-state index >= 15 is 0 Å². The first-order valence-electron chi connectivity index (χ1n) is 19.7. The summed E-state index contributed by atoms with van der Waals surface area (Å²) >= 11 is 0. The van der Waals surface area contributed by atoms with E-state index in [0.717, 1.165) is 117 Å². The lowest BCUT2D eigenvalue weighted by Gasteiger charge is -2.18. The molecule has 0 saturated carbocycles. The summed E-state index contributed by atoms with van der Waals surface area (Å²) in [6, 6.07) is 56.8. The summed E-state index contributed by atoms with van der Waals surface area (Å²) in [5.74, 6) is 0.871. The van der Waals surface area contributed by atoms with Gasteiger partial charge in [-0.2, -0.15) is 0 Å². The standard InChI is InChI=1S/C52H34N4O2/c1-31-20-24-42(32-12-4-2-5-13-32)53-51(55-48(31)33-14-6-3-7-15-33)36-23-27-46-40(30-36)39-28-34(21-25-45(39)57-46)35-22-26-47-41(29-35)49-50(58-47)37-16-8-9-17-38(37)52-54-43-18-10-11-19-44(43)56(49)52/h2-19,21-31H,20H2,1H3/b42-24+,53-51?,55-48?. The van der Waals surface area contributed by atoms with E-state index in [1.54, 1.807) is 0 Å². The maximum Gasteiger partial charge on any atom is 0.160 e. The van der Waals surface area contributed by atoms with Crippen molar-refractivity contribution < 1.29 is 8.83 Å². The van der Waals surface area contributed by atoms with Crippen LogP contribution in [0.4, 0.5) is 0 Å². The number of hydrogen-bond donors (Lipinski definition) is 0. The molecule has 7 aromatic carbocycles. The van der Waals surface area contributed by atoms with Gasteiger partial charge in [0.15, 0.2) is 11.4 Å². The number of aromatic nitrogens is 2. The maximum atomic E-state index is 6.67. The predicted molar refractivity (Wildman–Crippen MR) is 238 cm³/mol. The fourth-order valence-corrected chi connectivity index (χ4v) is 8.76. The number of furan rings is 2. The number of para-hydroxylation sites is 2. The number of hydrogen-bond acceptors (Lipinski definition) is 5. The van der Waals surface area contributed by atoms with Gasteiger partial charge in [-0.1, -0.05) is 122 Å². The number of amidine groups is 1. The van der Waals surface area contributed by atoms with Crippen LogP contribution in [0.25, 0.3) is 88.3 Å². The summed E-state index contributed by atoms with van der Waals surface area (Å²) < 4.78 is 15.4. The van der Waals surface area contributed by atoms with Crippen LogP contribution in [0.1, 0.15) is 30.0 Å². The molecule has 6 nitrogen and oxygen atoms in total. The van der Waals surface area contributed by atoms with Crippen LogP contribution in [0.3, 0.4) is 0 Å². The van der Waals surface area contributed by atoms with Gasteiger partial charge in [0.05, 0.1) is 22.4 Å². The Bertz CT molecular complexity index is 3550. The Morgan fingerprint density at radius 3 is 1.88 bits per heavy atom. The zero-order valence-corrected chi connectivity index (χ0v) is 31.6. The van der Waals surface area contributed by atoms with Crippen molar-refractivity contribution in [1.29, 1.82) is 0 Å². The van der Waals surface area contributed by atoms with Gasteiger partial charge in [0, 0.05) is 38.4 Å². The van der Waals surface area contributed by atoms with Crippen LogP contribution in [-0.4, -0.2) is 20.9 Å². The van der Waals surface area contributed by atoms with Gasteiger partial charge in [-0.15, -0.1) is 0 Å². The molecule has 0 saturated heterocycles. The van der Waals surface area contributed by atoms with Crippen LogP contribution >= 0.6 is 0 Å². The zero-order chi connectivity index (χ0) is 38.3. The number of imidazole rings is 1. The highest BCUT2D eigenvalue weighted by molar-refractivity contribution is 6.20. The lowest BCUT2D eigenvalue weighted by Crippen LogP contribution is -2.17. The van der Waals surface area contributed by atoms with Crippen LogP contribution in [0.15, 0.2) is 189 Å². The summed E-state index contributed by atoms with van der Waals surface area (Å²) in [5.41, 5.74) is 14.5. The highest BCUT2D eigenvalue weighted by Crippen LogP contribution is 2.40. The summed E-state index contributed by atoms with van der Waals surface area (Å²) in [7, 11) is 0. The molecular weight excluding hydrogens is 713 g/mol. The van der Waals surface area contributed by atoms with Crippen LogP contribution < -0.4 is 0 Å². The van der Waals surface area contributed by atoms with Gasteiger partial charge in [-0.25, -0.2) is 15.0 Å². The van der Waals surface area contributed by atoms with Gasteiger partial charge >= 0.3 is 0 Å². The van der Waals surface area contributed by atoms with Crippen LogP contribution in [0, 0.1) is 5.92 Å². The molecule has 6 heteroatoms. The highest BCUT2D eigenvalue weighted by Gasteiger charge is 2.22. The molecule has 0 radical (unpaired) electrons. The van der Waals surface area contributed by atoms with E-state index < -0.39 is 0 Å². The second kappa shape index (κ2) is 12.7. The van der Waals surface area contributed by atoms with Crippen LogP contribution in [-0.2, 0) is 0 Å². The second-order valence-electron chi connectivity index (χ2n) is 15.2. The first kappa shape index (κ1) is 32.7. The molecule has 1 unspecified atom stereocenters. The van der Waals surface area contributed by atoms with Gasteiger partial charge in [0.25, 0.3) is 0 Å². The van der Waals surface area contributed by atoms with E-state index in [4.69, 9.17) is 23.8 Å². The molecule has 0 fully saturated rings. The fraction of sp³-hybridized carbons (Fsp3) is 0.0577. The minimum atomic E-state index is 0.194. The SMILES string of the molecule is CC1C/C=C(\c2ccccc2)N=C(c2ccc3oc4ccc(-c5ccc6oc7c8ccccc8c8nc9ccccc9n8c7c6c5)cc4c3c2)N=C1c1ccccc1. The smallest absolute Gasteiger partial charge is 0.160 e. The maximum absolute atomic E-state index is 6.67. The van der Waals surface area contributed by atoms with Crippen molar-refractivity contribution in [2.24, 2.45) is 15.9 Å². The van der Waals surface area contributed by atoms with E-state index in [1.807, 2.05) is 24.3 Å². The predicted octanol–water partition coefficient (Wildman–Crippen LogP) is 13.4. The van der Waals surface area contributed by atoms with Gasteiger partial charge in [-0.3, -0.25) is 4.40 Å². The Morgan fingerprint density at radius 2 is 1.12 bits per heavy atom. The number of rotatable bonds is 4. The molecule has 0 spiro atoms. The van der Waals surface area contributed by atoms with E-state index in [2.05, 4.69) is 157 Å². The number of pyridine rings is 1. The first-order valence-corrected chi connectivity index (χ1v) is 19.7. The van der Waals surface area contributed by atoms with Crippen molar-refractivity contribution >= 4 is 88.7 Å². The molecule has 4 aromatic heterocycles. The summed E-state index contributed by atoms with van der Waals surface area (Å²) in [6.07, 6.45) is 3.09. The van der Waals surface area contributed by atoms with Gasteiger partial charge in [0.2, 0.25) is 0 Å². The number of benzene rings is 7. The molecule has 0 N–H and O–H groups in total. The van der Waals surface area contributed by atoms with E-state index in [1.165, 1.54) is 0 Å². The monoisotopic (exact) mass is 746 g/mol. The lowest BCUT2D eigenvalue weighted by atomic mass is 9.93. The molecule has 1 atom stereocenters. The summed E-state index contributed by atoms with van der Waals surface area (Å²) in [5, 5.41) is 5.20. The van der Waals surface area contributed by atoms with E-state index in [0.29, 0.717) is 5.84 Å². The summed E-state index contributed by atoms with van der Waals surface area (Å²) in [4.78, 5) is 15.7. The molecule has 1 aliphatic heterocycles. The molecule has 12 rings (SSSR count). The number of allylic oxidation sites excluding steroid dienone is 1. The molecule has 1 aliphatic rings. The van der Waals surface area contributed by atoms with E-state index in [9.17, 15) is 0 Å². The Balaban J connectivity index is 1.03. The average molecular weight is 747 g/mol. The first-order chi connectivity index (χ1) is 28.6. The minimum Gasteiger partial charge on any atom is -0.456 e. The van der Waals surface area contributed by atoms with Crippen molar-refractivity contribution in [2.45, 2.75) is 13.3 Å². The highest BCUT2D eigenvalue weighted by atomic mass is 16.3. The average Bonchev–Trinajstić information content (AvgIpc) is 3.97. The third kappa shape index (κ3) is 5.08. The summed E-state index contributed by atoms with van der Waals surface area (Å²) in [6.45, 7) is 2.24.